The third kappa shape index (κ3) is 4.96. The van der Waals surface area contributed by atoms with Gasteiger partial charge in [-0.15, -0.1) is 0 Å². The Hall–Kier alpha value is -2.31. The number of ether oxygens (including phenoxy) is 1. The van der Waals surface area contributed by atoms with E-state index < -0.39 is 11.6 Å². The minimum absolute atomic E-state index is 0.193. The van der Waals surface area contributed by atoms with Crippen LogP contribution >= 0.6 is 0 Å². The fourth-order valence-electron chi connectivity index (χ4n) is 5.28. The topological polar surface area (TPSA) is 75.1 Å². The van der Waals surface area contributed by atoms with Crippen LogP contribution in [0.2, 0.25) is 0 Å². The van der Waals surface area contributed by atoms with Crippen molar-refractivity contribution in [3.8, 4) is 0 Å². The minimum Gasteiger partial charge on any atom is -0.837 e. The van der Waals surface area contributed by atoms with Gasteiger partial charge in [-0.3, -0.25) is 4.79 Å². The number of nitrogens with zero attached hydrogens (tertiary/aromatic N) is 3. The third-order valence-electron chi connectivity index (χ3n) is 7.07. The summed E-state index contributed by atoms with van der Waals surface area (Å²) in [5.41, 5.74) is -1.27. The highest BCUT2D eigenvalue weighted by Gasteiger charge is 2.42. The van der Waals surface area contributed by atoms with Gasteiger partial charge in [0.25, 0.3) is 0 Å². The molecule has 6 nitrogen and oxygen atoms in total. The Balaban J connectivity index is 1.44. The first-order chi connectivity index (χ1) is 15.0. The Kier molecular flexibility index (Phi) is 6.68. The van der Waals surface area contributed by atoms with E-state index in [0.717, 1.165) is 74.9 Å². The summed E-state index contributed by atoms with van der Waals surface area (Å²) in [6.45, 7) is 2.65. The number of esters is 1. The van der Waals surface area contributed by atoms with Crippen LogP contribution in [0.15, 0.2) is 48.8 Å². The number of carbonyl (C=O) groups is 1. The van der Waals surface area contributed by atoms with E-state index in [9.17, 15) is 9.90 Å². The molecular formula is C25H33N3O3. The van der Waals surface area contributed by atoms with Gasteiger partial charge < -0.3 is 14.3 Å². The second-order valence-electron chi connectivity index (χ2n) is 9.42. The van der Waals surface area contributed by atoms with E-state index in [4.69, 9.17) is 4.74 Å². The van der Waals surface area contributed by atoms with Crippen LogP contribution in [0.5, 0.6) is 0 Å². The van der Waals surface area contributed by atoms with Crippen molar-refractivity contribution in [3.05, 3.63) is 60.2 Å². The second kappa shape index (κ2) is 9.45. The Morgan fingerprint density at radius 2 is 1.81 bits per heavy atom. The first-order valence-corrected chi connectivity index (χ1v) is 11.6. The highest BCUT2D eigenvalue weighted by atomic mass is 16.6. The van der Waals surface area contributed by atoms with E-state index in [1.807, 2.05) is 24.3 Å². The zero-order valence-electron chi connectivity index (χ0n) is 18.4. The van der Waals surface area contributed by atoms with Crippen LogP contribution in [0.3, 0.4) is 0 Å². The van der Waals surface area contributed by atoms with E-state index in [-0.39, 0.29) is 12.0 Å². The Labute approximate surface area is 184 Å². The molecule has 2 fully saturated rings. The average Bonchev–Trinajstić information content (AvgIpc) is 3.34. The van der Waals surface area contributed by atoms with Gasteiger partial charge in [0.2, 0.25) is 0 Å². The van der Waals surface area contributed by atoms with Crippen molar-refractivity contribution < 1.29 is 19.1 Å². The maximum Gasteiger partial charge on any atom is 0.300 e. The van der Waals surface area contributed by atoms with Gasteiger partial charge in [0.05, 0.1) is 26.6 Å². The number of hydrogen-bond donors (Lipinski definition) is 0. The van der Waals surface area contributed by atoms with Crippen molar-refractivity contribution in [3.63, 3.8) is 0 Å². The van der Waals surface area contributed by atoms with Crippen molar-refractivity contribution in [2.24, 2.45) is 5.92 Å². The van der Waals surface area contributed by atoms with Crippen LogP contribution in [0.1, 0.15) is 49.9 Å². The highest BCUT2D eigenvalue weighted by molar-refractivity contribution is 5.81. The van der Waals surface area contributed by atoms with Crippen LogP contribution < -0.4 is 5.11 Å². The van der Waals surface area contributed by atoms with Gasteiger partial charge in [0.1, 0.15) is 12.4 Å². The molecule has 0 spiro atoms. The SMILES string of the molecule is C[N@+]1(CCc2ncccn2)CCCC(OC(=O)C([O-])(c2ccccc2)C2CCCC2)C1. The fourth-order valence-corrected chi connectivity index (χ4v) is 5.28. The molecule has 166 valence electrons. The smallest absolute Gasteiger partial charge is 0.300 e. The number of hydrogen-bond acceptors (Lipinski definition) is 5. The molecule has 2 unspecified atom stereocenters. The third-order valence-corrected chi connectivity index (χ3v) is 7.07. The molecule has 6 heteroatoms. The molecule has 3 atom stereocenters. The lowest BCUT2D eigenvalue weighted by molar-refractivity contribution is -0.916. The summed E-state index contributed by atoms with van der Waals surface area (Å²) in [7, 11) is 2.20. The molecule has 1 aromatic carbocycles. The van der Waals surface area contributed by atoms with Gasteiger partial charge in [-0.25, -0.2) is 9.97 Å². The molecule has 4 rings (SSSR count). The van der Waals surface area contributed by atoms with E-state index in [1.54, 1.807) is 24.5 Å². The summed E-state index contributed by atoms with van der Waals surface area (Å²) in [5.74, 6) is 0.0578. The molecule has 0 radical (unpaired) electrons. The quantitative estimate of drug-likeness (QED) is 0.506. The van der Waals surface area contributed by atoms with Gasteiger partial charge >= 0.3 is 5.97 Å². The van der Waals surface area contributed by atoms with Crippen molar-refractivity contribution in [1.82, 2.24) is 9.97 Å². The number of likely N-dealkylation sites (N-methyl/N-ethyl adjacent to an activating group) is 1. The predicted molar refractivity (Wildman–Crippen MR) is 116 cm³/mol. The summed E-state index contributed by atoms with van der Waals surface area (Å²) >= 11 is 0. The maximum atomic E-state index is 14.1. The van der Waals surface area contributed by atoms with Gasteiger partial charge in [-0.2, -0.15) is 0 Å². The molecule has 2 aromatic rings. The Bertz CT molecular complexity index is 857. The molecule has 1 aromatic heterocycles. The van der Waals surface area contributed by atoms with Crippen LogP contribution in [0.25, 0.3) is 0 Å². The lowest BCUT2D eigenvalue weighted by Gasteiger charge is -2.46. The van der Waals surface area contributed by atoms with Crippen molar-refractivity contribution in [2.45, 2.75) is 56.7 Å². The second-order valence-corrected chi connectivity index (χ2v) is 9.42. The minimum atomic E-state index is -1.81. The van der Waals surface area contributed by atoms with Gasteiger partial charge in [0.15, 0.2) is 6.10 Å². The van der Waals surface area contributed by atoms with Crippen LogP contribution in [0, 0.1) is 5.92 Å². The molecule has 2 aliphatic rings. The number of likely N-dealkylation sites (tertiary alicyclic amines) is 1. The zero-order valence-corrected chi connectivity index (χ0v) is 18.4. The predicted octanol–water partition coefficient (Wildman–Crippen LogP) is 2.62. The molecular weight excluding hydrogens is 390 g/mol. The van der Waals surface area contributed by atoms with E-state index in [1.165, 1.54) is 0 Å². The largest absolute Gasteiger partial charge is 0.837 e. The highest BCUT2D eigenvalue weighted by Crippen LogP contribution is 2.40. The fraction of sp³-hybridized carbons (Fsp3) is 0.560. The van der Waals surface area contributed by atoms with Crippen molar-refractivity contribution >= 4 is 5.97 Å². The number of piperidine rings is 1. The summed E-state index contributed by atoms with van der Waals surface area (Å²) < 4.78 is 6.77. The molecule has 2 heterocycles. The Morgan fingerprint density at radius 1 is 1.10 bits per heavy atom. The van der Waals surface area contributed by atoms with Crippen LogP contribution in [-0.4, -0.2) is 53.2 Å². The standard InChI is InChI=1S/C25H33N3O3/c1-28(18-14-23-26-15-8-16-27-23)17-7-13-22(19-28)31-24(29)25(30,21-11-5-6-12-21)20-9-3-2-4-10-20/h2-4,8-10,15-16,21-22H,5-7,11-14,17-19H2,1H3/t22?,25?,28-/m1/s1. The van der Waals surface area contributed by atoms with Gasteiger partial charge in [-0.1, -0.05) is 56.0 Å². The van der Waals surface area contributed by atoms with Crippen molar-refractivity contribution in [2.75, 3.05) is 26.7 Å². The zero-order chi connectivity index (χ0) is 21.7. The molecule has 1 saturated heterocycles. The number of benzene rings is 1. The van der Waals surface area contributed by atoms with Crippen LogP contribution in [0.4, 0.5) is 0 Å². The lowest BCUT2D eigenvalue weighted by Crippen LogP contribution is -2.58. The summed E-state index contributed by atoms with van der Waals surface area (Å²) in [6.07, 6.45) is 9.50. The normalized spacial score (nSPS) is 26.3. The average molecular weight is 424 g/mol. The van der Waals surface area contributed by atoms with Gasteiger partial charge in [0, 0.05) is 24.4 Å². The first kappa shape index (κ1) is 21.9. The summed E-state index contributed by atoms with van der Waals surface area (Å²) in [4.78, 5) is 22.0. The molecule has 0 N–H and O–H groups in total. The first-order valence-electron chi connectivity index (χ1n) is 11.6. The molecule has 1 aliphatic carbocycles. The summed E-state index contributed by atoms with van der Waals surface area (Å²) in [5, 5.41) is 14.1. The van der Waals surface area contributed by atoms with E-state index >= 15 is 0 Å². The molecule has 0 amide bonds. The number of aromatic nitrogens is 2. The lowest BCUT2D eigenvalue weighted by atomic mass is 9.80. The number of quaternary nitrogens is 1. The monoisotopic (exact) mass is 423 g/mol. The van der Waals surface area contributed by atoms with Crippen molar-refractivity contribution in [1.29, 1.82) is 0 Å². The molecule has 31 heavy (non-hydrogen) atoms. The molecule has 1 saturated carbocycles. The maximum absolute atomic E-state index is 14.1. The Morgan fingerprint density at radius 3 is 2.52 bits per heavy atom. The van der Waals surface area contributed by atoms with E-state index in [0.29, 0.717) is 5.56 Å². The molecule has 0 bridgehead atoms. The van der Waals surface area contributed by atoms with E-state index in [2.05, 4.69) is 17.0 Å². The van der Waals surface area contributed by atoms with Crippen LogP contribution in [-0.2, 0) is 21.6 Å². The molecule has 1 aliphatic heterocycles. The summed E-state index contributed by atoms with van der Waals surface area (Å²) in [6, 6.07) is 10.9. The number of rotatable bonds is 7. The number of carbonyl (C=O) groups excluding carboxylic acids is 1. The van der Waals surface area contributed by atoms with Gasteiger partial charge in [-0.05, 0) is 24.0 Å².